The van der Waals surface area contributed by atoms with Gasteiger partial charge in [0.25, 0.3) is 0 Å². The van der Waals surface area contributed by atoms with Gasteiger partial charge >= 0.3 is 0 Å². The Labute approximate surface area is 121 Å². The first-order chi connectivity index (χ1) is 9.32. The van der Waals surface area contributed by atoms with Gasteiger partial charge in [0.2, 0.25) is 0 Å². The van der Waals surface area contributed by atoms with E-state index in [1.165, 1.54) is 18.3 Å². The van der Waals surface area contributed by atoms with Crippen molar-refractivity contribution in [3.05, 3.63) is 71.8 Å². The van der Waals surface area contributed by atoms with Crippen LogP contribution < -0.4 is 0 Å². The summed E-state index contributed by atoms with van der Waals surface area (Å²) >= 11 is 8.32. The number of rotatable bonds is 3. The van der Waals surface area contributed by atoms with E-state index < -0.39 is 4.87 Å². The van der Waals surface area contributed by atoms with Gasteiger partial charge in [0, 0.05) is 11.9 Å². The van der Waals surface area contributed by atoms with Gasteiger partial charge in [-0.15, -0.1) is 11.6 Å². The molecule has 2 aromatic carbocycles. The Morgan fingerprint density at radius 3 is 1.89 bits per heavy atom. The van der Waals surface area contributed by atoms with Gasteiger partial charge in [0.15, 0.2) is 11.8 Å². The minimum Gasteiger partial charge on any atom is -0.464 e. The third kappa shape index (κ3) is 2.24. The number of hydrogen-bond donors (Lipinski definition) is 0. The van der Waals surface area contributed by atoms with E-state index in [1.807, 2.05) is 60.7 Å². The molecule has 2 aromatic rings. The van der Waals surface area contributed by atoms with Crippen LogP contribution in [-0.2, 0) is 9.61 Å². The lowest BCUT2D eigenvalue weighted by molar-refractivity contribution is 0.260. The summed E-state index contributed by atoms with van der Waals surface area (Å²) in [5.41, 5.74) is 1.75. The van der Waals surface area contributed by atoms with Crippen molar-refractivity contribution in [2.24, 2.45) is 4.40 Å². The molecule has 0 radical (unpaired) electrons. The van der Waals surface area contributed by atoms with Gasteiger partial charge < -0.3 is 4.74 Å². The topological polar surface area (TPSA) is 21.6 Å². The fourth-order valence-electron chi connectivity index (χ4n) is 2.15. The Morgan fingerprint density at radius 2 is 1.47 bits per heavy atom. The number of halogens is 1. The first kappa shape index (κ1) is 12.6. The molecule has 4 heteroatoms. The molecule has 0 aliphatic carbocycles. The largest absolute Gasteiger partial charge is 0.464 e. The van der Waals surface area contributed by atoms with Gasteiger partial charge in [-0.3, -0.25) is 0 Å². The lowest BCUT2D eigenvalue weighted by Crippen LogP contribution is -2.33. The molecular formula is C15H12ClNOS. The molecule has 1 atom stereocenters. The monoisotopic (exact) mass is 289 g/mol. The van der Waals surface area contributed by atoms with E-state index in [9.17, 15) is 0 Å². The van der Waals surface area contributed by atoms with Crippen LogP contribution in [0.15, 0.2) is 65.1 Å². The molecule has 0 aromatic heterocycles. The molecule has 0 bridgehead atoms. The summed E-state index contributed by atoms with van der Waals surface area (Å²) in [5, 5.41) is 0. The molecule has 1 aliphatic heterocycles. The number of nitrogens with zero attached hydrogens (tertiary/aromatic N) is 1. The van der Waals surface area contributed by atoms with Crippen molar-refractivity contribution < 1.29 is 4.74 Å². The highest BCUT2D eigenvalue weighted by atomic mass is 35.5. The molecule has 1 heterocycles. The van der Waals surface area contributed by atoms with Crippen LogP contribution in [0.2, 0.25) is 0 Å². The molecular weight excluding hydrogens is 278 g/mol. The molecule has 1 unspecified atom stereocenters. The highest BCUT2D eigenvalue weighted by Gasteiger charge is 2.44. The zero-order valence-corrected chi connectivity index (χ0v) is 11.6. The second kappa shape index (κ2) is 5.27. The van der Waals surface area contributed by atoms with Crippen LogP contribution in [0, 0.1) is 0 Å². The van der Waals surface area contributed by atoms with Crippen LogP contribution in [-0.4, -0.2) is 11.8 Å². The summed E-state index contributed by atoms with van der Waals surface area (Å²) in [5.74, 6) is 0. The number of benzene rings is 2. The highest BCUT2D eigenvalue weighted by Crippen LogP contribution is 2.46. The molecule has 3 rings (SSSR count). The molecule has 19 heavy (non-hydrogen) atoms. The normalized spacial score (nSPS) is 18.3. The predicted molar refractivity (Wildman–Crippen MR) is 80.5 cm³/mol. The minimum absolute atomic E-state index is 0.265. The van der Waals surface area contributed by atoms with E-state index in [2.05, 4.69) is 4.40 Å². The van der Waals surface area contributed by atoms with Crippen molar-refractivity contribution in [1.29, 1.82) is 0 Å². The SMILES string of the molecule is ClC(c1ccccc1)(c1ccccc1)C1OC=NS1. The Kier molecular flexibility index (Phi) is 3.49. The van der Waals surface area contributed by atoms with Crippen LogP contribution in [0.4, 0.5) is 0 Å². The van der Waals surface area contributed by atoms with Crippen LogP contribution in [0.3, 0.4) is 0 Å². The van der Waals surface area contributed by atoms with Gasteiger partial charge in [0.05, 0.1) is 0 Å². The number of hydrogen-bond acceptors (Lipinski definition) is 3. The van der Waals surface area contributed by atoms with E-state index in [1.54, 1.807) is 0 Å². The Balaban J connectivity index is 2.10. The first-order valence-electron chi connectivity index (χ1n) is 5.95. The second-order valence-electron chi connectivity index (χ2n) is 4.23. The van der Waals surface area contributed by atoms with Crippen molar-refractivity contribution in [1.82, 2.24) is 0 Å². The smallest absolute Gasteiger partial charge is 0.193 e. The summed E-state index contributed by atoms with van der Waals surface area (Å²) in [6, 6.07) is 19.9. The summed E-state index contributed by atoms with van der Waals surface area (Å²) in [4.78, 5) is -0.746. The van der Waals surface area contributed by atoms with Crippen molar-refractivity contribution in [3.63, 3.8) is 0 Å². The lowest BCUT2D eigenvalue weighted by Gasteiger charge is -2.31. The van der Waals surface area contributed by atoms with E-state index in [0.717, 1.165) is 11.1 Å². The van der Waals surface area contributed by atoms with Crippen LogP contribution >= 0.6 is 23.5 Å². The van der Waals surface area contributed by atoms with Crippen LogP contribution in [0.5, 0.6) is 0 Å². The Bertz CT molecular complexity index is 526. The van der Waals surface area contributed by atoms with Gasteiger partial charge in [0.1, 0.15) is 4.87 Å². The maximum atomic E-state index is 6.97. The predicted octanol–water partition coefficient (Wildman–Crippen LogP) is 4.20. The molecule has 0 amide bonds. The maximum Gasteiger partial charge on any atom is 0.193 e. The van der Waals surface area contributed by atoms with Crippen molar-refractivity contribution in [3.8, 4) is 0 Å². The quantitative estimate of drug-likeness (QED) is 0.624. The van der Waals surface area contributed by atoms with E-state index in [-0.39, 0.29) is 5.44 Å². The zero-order chi connectivity index (χ0) is 13.1. The summed E-state index contributed by atoms with van der Waals surface area (Å²) in [6.07, 6.45) is 1.46. The fraction of sp³-hybridized carbons (Fsp3) is 0.133. The van der Waals surface area contributed by atoms with E-state index >= 15 is 0 Å². The molecule has 2 nitrogen and oxygen atoms in total. The van der Waals surface area contributed by atoms with Gasteiger partial charge in [-0.25, -0.2) is 0 Å². The molecule has 96 valence electrons. The molecule has 0 saturated carbocycles. The third-order valence-corrected chi connectivity index (χ3v) is 4.72. The molecule has 0 fully saturated rings. The van der Waals surface area contributed by atoms with Gasteiger partial charge in [-0.1, -0.05) is 60.7 Å². The van der Waals surface area contributed by atoms with E-state index in [0.29, 0.717) is 0 Å². The lowest BCUT2D eigenvalue weighted by atomic mass is 9.91. The molecule has 1 aliphatic rings. The summed E-state index contributed by atoms with van der Waals surface area (Å²) in [7, 11) is 0. The fourth-order valence-corrected chi connectivity index (χ4v) is 3.30. The highest BCUT2D eigenvalue weighted by molar-refractivity contribution is 7.99. The Morgan fingerprint density at radius 1 is 0.947 bits per heavy atom. The van der Waals surface area contributed by atoms with Crippen molar-refractivity contribution in [2.75, 3.05) is 0 Å². The third-order valence-electron chi connectivity index (χ3n) is 3.10. The summed E-state index contributed by atoms with van der Waals surface area (Å²) in [6.45, 7) is 0. The number of ether oxygens (including phenoxy) is 1. The van der Waals surface area contributed by atoms with Crippen molar-refractivity contribution in [2.45, 2.75) is 10.3 Å². The van der Waals surface area contributed by atoms with Crippen LogP contribution in [0.25, 0.3) is 0 Å². The minimum atomic E-state index is -0.746. The second-order valence-corrected chi connectivity index (χ2v) is 5.67. The van der Waals surface area contributed by atoms with Crippen molar-refractivity contribution >= 4 is 29.9 Å². The van der Waals surface area contributed by atoms with Gasteiger partial charge in [-0.2, -0.15) is 4.40 Å². The zero-order valence-electron chi connectivity index (χ0n) is 10.1. The van der Waals surface area contributed by atoms with E-state index in [4.69, 9.17) is 16.3 Å². The molecule has 0 N–H and O–H groups in total. The van der Waals surface area contributed by atoms with Gasteiger partial charge in [-0.05, 0) is 11.1 Å². The average Bonchev–Trinajstić information content (AvgIpc) is 3.03. The first-order valence-corrected chi connectivity index (χ1v) is 7.16. The molecule has 0 spiro atoms. The average molecular weight is 290 g/mol. The summed E-state index contributed by atoms with van der Waals surface area (Å²) < 4.78 is 9.63. The maximum absolute atomic E-state index is 6.97. The Hall–Kier alpha value is -1.45. The number of alkyl halides is 1. The van der Waals surface area contributed by atoms with Crippen LogP contribution in [0.1, 0.15) is 11.1 Å². The molecule has 0 saturated heterocycles. The standard InChI is InChI=1S/C15H12ClNOS/c16-15(14-18-11-17-19-14,12-7-3-1-4-8-12)13-9-5-2-6-10-13/h1-11,14H.